The number of halogens is 1. The maximum absolute atomic E-state index is 14.7. The van der Waals surface area contributed by atoms with E-state index >= 15 is 0 Å². The van der Waals surface area contributed by atoms with Gasteiger partial charge in [0.15, 0.2) is 5.13 Å². The lowest BCUT2D eigenvalue weighted by atomic mass is 10.1. The van der Waals surface area contributed by atoms with Gasteiger partial charge in [-0.2, -0.15) is 0 Å². The molecule has 16 heteroatoms. The average Bonchev–Trinajstić information content (AvgIpc) is 4.01. The number of carbonyl (C=O) groups excluding carboxylic acids is 4. The van der Waals surface area contributed by atoms with Crippen molar-refractivity contribution in [2.45, 2.75) is 107 Å². The molecule has 3 aromatic rings. The summed E-state index contributed by atoms with van der Waals surface area (Å²) in [4.78, 5) is 64.9. The van der Waals surface area contributed by atoms with Gasteiger partial charge in [0, 0.05) is 34.9 Å². The number of nitrogens with zero attached hydrogens (tertiary/aromatic N) is 3. The Morgan fingerprint density at radius 1 is 1.04 bits per heavy atom. The summed E-state index contributed by atoms with van der Waals surface area (Å²) in [6, 6.07) is 12.5. The molecule has 296 valence electrons. The lowest BCUT2D eigenvalue weighted by molar-refractivity contribution is -0.140. The Hall–Kier alpha value is -4.83. The summed E-state index contributed by atoms with van der Waals surface area (Å²) >= 11 is 1.43. The third kappa shape index (κ3) is 7.77. The maximum Gasteiger partial charge on any atom is 0.410 e. The minimum Gasteiger partial charge on any atom is -0.444 e. The third-order valence-corrected chi connectivity index (χ3v) is 14.2. The van der Waals surface area contributed by atoms with Gasteiger partial charge in [-0.15, -0.1) is 11.3 Å². The number of allylic oxidation sites excluding steroid dienone is 1. The summed E-state index contributed by atoms with van der Waals surface area (Å²) in [6.45, 7) is 2.06. The molecular weight excluding hydrogens is 760 g/mol. The van der Waals surface area contributed by atoms with Gasteiger partial charge in [0.25, 0.3) is 5.91 Å². The molecule has 4 amide bonds. The monoisotopic (exact) mass is 804 g/mol. The van der Waals surface area contributed by atoms with E-state index < -0.39 is 68.6 Å². The Kier molecular flexibility index (Phi) is 10.4. The number of benzene rings is 2. The van der Waals surface area contributed by atoms with Crippen LogP contribution in [0.2, 0.25) is 0 Å². The van der Waals surface area contributed by atoms with E-state index in [1.807, 2.05) is 49.4 Å². The molecule has 5 atom stereocenters. The van der Waals surface area contributed by atoms with Crippen LogP contribution in [0.25, 0.3) is 11.3 Å². The zero-order valence-corrected chi connectivity index (χ0v) is 32.7. The van der Waals surface area contributed by atoms with Crippen LogP contribution in [0.15, 0.2) is 60.7 Å². The molecule has 8 rings (SSSR count). The predicted octanol–water partition coefficient (Wildman–Crippen LogP) is 5.16. The van der Waals surface area contributed by atoms with E-state index in [9.17, 15) is 32.0 Å². The van der Waals surface area contributed by atoms with E-state index in [4.69, 9.17) is 9.72 Å². The molecule has 3 fully saturated rings. The van der Waals surface area contributed by atoms with E-state index in [2.05, 4.69) is 15.4 Å². The highest BCUT2D eigenvalue weighted by Crippen LogP contribution is 2.46. The zero-order chi connectivity index (χ0) is 39.2. The summed E-state index contributed by atoms with van der Waals surface area (Å²) in [5.41, 5.74) is 1.32. The maximum atomic E-state index is 14.7. The van der Waals surface area contributed by atoms with E-state index in [1.54, 1.807) is 12.1 Å². The lowest BCUT2D eigenvalue weighted by Gasteiger charge is -2.29. The van der Waals surface area contributed by atoms with Gasteiger partial charge in [-0.25, -0.2) is 22.6 Å². The molecule has 3 aliphatic heterocycles. The molecule has 5 aliphatic rings. The second-order valence-electron chi connectivity index (χ2n) is 15.5. The standard InChI is InChI=1S/C40H45FN6O7S2/c1-24-34(25-11-6-5-7-12-25)43-38(55-24)42-32-16-9-4-2-3-8-14-27-20-40(27,37(50)45-56(52,53)29-17-18-29)44-35(48)33-19-28(22-47(33)36(32)49)54-39(51)46-21-26-13-10-15-31(41)30(26)23-46/h5-8,10-15,27-29,32-33H,2-4,9,16-23H2,1H3,(H,42,43)(H,44,48)(H,45,50)/t27-,28-,32+,33+,40-/m1/s1. The lowest BCUT2D eigenvalue weighted by Crippen LogP contribution is -2.57. The average molecular weight is 805 g/mol. The number of sulfonamides is 1. The highest BCUT2D eigenvalue weighted by Gasteiger charge is 2.62. The molecule has 0 radical (unpaired) electrons. The molecular formula is C40H45FN6O7S2. The highest BCUT2D eigenvalue weighted by molar-refractivity contribution is 7.91. The minimum atomic E-state index is -3.90. The van der Waals surface area contributed by atoms with Crippen molar-refractivity contribution in [3.05, 3.63) is 82.5 Å². The van der Waals surface area contributed by atoms with Crippen LogP contribution in [-0.2, 0) is 42.2 Å². The molecule has 1 aromatic heterocycles. The van der Waals surface area contributed by atoms with Gasteiger partial charge in [0.1, 0.15) is 29.5 Å². The summed E-state index contributed by atoms with van der Waals surface area (Å²) in [5, 5.41) is 6.15. The SMILES string of the molecule is Cc1sc(N[C@H]2CCCCCC=C[C@@H]3C[C@@]3(C(=O)NS(=O)(=O)C3CC3)NC(=O)[C@@H]3C[C@@H](OC(=O)N4Cc5cccc(F)c5C4)CN3C2=O)nc1-c1ccccc1. The van der Waals surface area contributed by atoms with Crippen molar-refractivity contribution in [1.29, 1.82) is 0 Å². The topological polar surface area (TPSA) is 167 Å². The second-order valence-corrected chi connectivity index (χ2v) is 18.6. The second kappa shape index (κ2) is 15.3. The largest absolute Gasteiger partial charge is 0.444 e. The van der Waals surface area contributed by atoms with Gasteiger partial charge in [-0.05, 0) is 57.1 Å². The van der Waals surface area contributed by atoms with Crippen LogP contribution >= 0.6 is 11.3 Å². The van der Waals surface area contributed by atoms with Crippen molar-refractivity contribution < 1.29 is 36.7 Å². The first kappa shape index (κ1) is 38.1. The first-order valence-electron chi connectivity index (χ1n) is 19.3. The molecule has 1 saturated heterocycles. The summed E-state index contributed by atoms with van der Waals surface area (Å²) in [6.07, 6.45) is 6.82. The molecule has 0 unspecified atom stereocenters. The van der Waals surface area contributed by atoms with Gasteiger partial charge in [0.05, 0.1) is 24.0 Å². The predicted molar refractivity (Wildman–Crippen MR) is 207 cm³/mol. The molecule has 0 bridgehead atoms. The molecule has 2 saturated carbocycles. The Bertz CT molecular complexity index is 2180. The van der Waals surface area contributed by atoms with Gasteiger partial charge >= 0.3 is 6.09 Å². The fourth-order valence-corrected chi connectivity index (χ4v) is 10.3. The van der Waals surface area contributed by atoms with E-state index in [0.717, 1.165) is 35.4 Å². The fraction of sp³-hybridized carbons (Fsp3) is 0.475. The van der Waals surface area contributed by atoms with Crippen molar-refractivity contribution in [1.82, 2.24) is 24.8 Å². The number of thiazole rings is 1. The number of aryl methyl sites for hydroxylation is 1. The van der Waals surface area contributed by atoms with Crippen LogP contribution in [0.4, 0.5) is 14.3 Å². The summed E-state index contributed by atoms with van der Waals surface area (Å²) in [7, 11) is -3.90. The van der Waals surface area contributed by atoms with Crippen LogP contribution in [0.5, 0.6) is 0 Å². The summed E-state index contributed by atoms with van der Waals surface area (Å²) < 4.78 is 48.4. The first-order valence-corrected chi connectivity index (χ1v) is 21.6. The van der Waals surface area contributed by atoms with E-state index in [1.165, 1.54) is 27.2 Å². The number of carbonyl (C=O) groups is 4. The van der Waals surface area contributed by atoms with Gasteiger partial charge in [0.2, 0.25) is 21.8 Å². The number of anilines is 1. The molecule has 2 aromatic carbocycles. The van der Waals surface area contributed by atoms with Crippen LogP contribution in [-0.4, -0.2) is 82.5 Å². The zero-order valence-electron chi connectivity index (χ0n) is 31.0. The van der Waals surface area contributed by atoms with Crippen LogP contribution in [0.3, 0.4) is 0 Å². The Labute approximate surface area is 329 Å². The first-order chi connectivity index (χ1) is 26.9. The normalized spacial score (nSPS) is 26.6. The number of rotatable bonds is 7. The molecule has 56 heavy (non-hydrogen) atoms. The van der Waals surface area contributed by atoms with Gasteiger partial charge in [-0.1, -0.05) is 67.5 Å². The number of ether oxygens (including phenoxy) is 1. The van der Waals surface area contributed by atoms with E-state index in [0.29, 0.717) is 41.9 Å². The van der Waals surface area contributed by atoms with Crippen LogP contribution < -0.4 is 15.4 Å². The number of hydrogen-bond donors (Lipinski definition) is 3. The number of hydrogen-bond acceptors (Lipinski definition) is 10. The Morgan fingerprint density at radius 2 is 1.84 bits per heavy atom. The number of nitrogens with one attached hydrogen (secondary N) is 3. The highest BCUT2D eigenvalue weighted by atomic mass is 32.2. The fourth-order valence-electron chi connectivity index (χ4n) is 8.05. The molecule has 0 spiro atoms. The smallest absolute Gasteiger partial charge is 0.410 e. The minimum absolute atomic E-state index is 0.0284. The third-order valence-electron chi connectivity index (χ3n) is 11.4. The van der Waals surface area contributed by atoms with Crippen molar-refractivity contribution in [2.75, 3.05) is 11.9 Å². The van der Waals surface area contributed by atoms with Crippen molar-refractivity contribution in [3.63, 3.8) is 0 Å². The van der Waals surface area contributed by atoms with Crippen LogP contribution in [0, 0.1) is 18.7 Å². The Balaban J connectivity index is 1.07. The molecule has 2 aliphatic carbocycles. The van der Waals surface area contributed by atoms with Crippen molar-refractivity contribution in [2.24, 2.45) is 5.92 Å². The summed E-state index contributed by atoms with van der Waals surface area (Å²) in [5.74, 6) is -2.68. The molecule has 3 N–H and O–H groups in total. The number of aromatic nitrogens is 1. The van der Waals surface area contributed by atoms with Crippen LogP contribution in [0.1, 0.15) is 73.8 Å². The Morgan fingerprint density at radius 3 is 2.61 bits per heavy atom. The van der Waals surface area contributed by atoms with Crippen molar-refractivity contribution in [3.8, 4) is 11.3 Å². The number of amides is 4. The van der Waals surface area contributed by atoms with E-state index in [-0.39, 0.29) is 38.4 Å². The van der Waals surface area contributed by atoms with Gasteiger partial charge < -0.3 is 20.3 Å². The van der Waals surface area contributed by atoms with Crippen molar-refractivity contribution >= 4 is 50.3 Å². The van der Waals surface area contributed by atoms with Gasteiger partial charge in [-0.3, -0.25) is 24.0 Å². The number of fused-ring (bicyclic) bond motifs is 3. The quantitative estimate of drug-likeness (QED) is 0.274. The molecule has 13 nitrogen and oxygen atoms in total. The molecule has 4 heterocycles.